The van der Waals surface area contributed by atoms with Crippen molar-refractivity contribution >= 4 is 11.0 Å². The zero-order chi connectivity index (χ0) is 19.0. The van der Waals surface area contributed by atoms with E-state index in [1.54, 1.807) is 0 Å². The van der Waals surface area contributed by atoms with Crippen molar-refractivity contribution in [3.63, 3.8) is 0 Å². The molecule has 0 atom stereocenters. The zero-order valence-electron chi connectivity index (χ0n) is 15.4. The molecule has 0 bridgehead atoms. The lowest BCUT2D eigenvalue weighted by atomic mass is 9.77. The summed E-state index contributed by atoms with van der Waals surface area (Å²) in [5, 5.41) is 20.2. The SMILES string of the molecule is CC(C)(c1ccccc1)c1cc(CN)cc(-n2nc3ccccc3n2)c1O. The number of aromatic nitrogens is 3. The summed E-state index contributed by atoms with van der Waals surface area (Å²) in [7, 11) is 0. The number of rotatable bonds is 4. The highest BCUT2D eigenvalue weighted by atomic mass is 16.3. The molecule has 0 radical (unpaired) electrons. The lowest BCUT2D eigenvalue weighted by Gasteiger charge is -2.28. The predicted octanol–water partition coefficient (Wildman–Crippen LogP) is 3.91. The molecular formula is C22H22N4O. The van der Waals surface area contributed by atoms with Crippen LogP contribution in [0.4, 0.5) is 0 Å². The first-order valence-corrected chi connectivity index (χ1v) is 8.95. The minimum absolute atomic E-state index is 0.168. The van der Waals surface area contributed by atoms with Crippen molar-refractivity contribution in [2.24, 2.45) is 5.73 Å². The quantitative estimate of drug-likeness (QED) is 0.580. The molecular weight excluding hydrogens is 336 g/mol. The fraction of sp³-hybridized carbons (Fsp3) is 0.182. The number of nitrogens with two attached hydrogens (primary N) is 1. The number of aromatic hydroxyl groups is 1. The van der Waals surface area contributed by atoms with E-state index >= 15 is 0 Å². The predicted molar refractivity (Wildman–Crippen MR) is 107 cm³/mol. The van der Waals surface area contributed by atoms with E-state index in [1.807, 2.05) is 54.6 Å². The Morgan fingerprint density at radius 3 is 2.11 bits per heavy atom. The van der Waals surface area contributed by atoms with Gasteiger partial charge in [0.2, 0.25) is 0 Å². The number of fused-ring (bicyclic) bond motifs is 1. The highest BCUT2D eigenvalue weighted by molar-refractivity contribution is 5.74. The Labute approximate surface area is 158 Å². The van der Waals surface area contributed by atoms with Crippen LogP contribution in [-0.2, 0) is 12.0 Å². The van der Waals surface area contributed by atoms with Crippen LogP contribution in [-0.4, -0.2) is 20.1 Å². The standard InChI is InChI=1S/C22H22N4O/c1-22(2,16-8-4-3-5-9-16)17-12-15(14-23)13-20(21(17)27)26-24-18-10-6-7-11-19(18)25-26/h3-13,27H,14,23H2,1-2H3. The average molecular weight is 358 g/mol. The molecule has 0 aliphatic carbocycles. The monoisotopic (exact) mass is 358 g/mol. The van der Waals surface area contributed by atoms with Crippen LogP contribution in [0.3, 0.4) is 0 Å². The molecule has 0 aliphatic heterocycles. The molecule has 136 valence electrons. The van der Waals surface area contributed by atoms with Crippen molar-refractivity contribution in [2.75, 3.05) is 0 Å². The van der Waals surface area contributed by atoms with Gasteiger partial charge in [0.15, 0.2) is 0 Å². The topological polar surface area (TPSA) is 77.0 Å². The second-order valence-corrected chi connectivity index (χ2v) is 7.18. The third kappa shape index (κ3) is 2.96. The minimum Gasteiger partial charge on any atom is -0.505 e. The number of hydrogen-bond donors (Lipinski definition) is 2. The van der Waals surface area contributed by atoms with Crippen LogP contribution in [0.25, 0.3) is 16.7 Å². The highest BCUT2D eigenvalue weighted by Crippen LogP contribution is 2.40. The Hall–Kier alpha value is -3.18. The van der Waals surface area contributed by atoms with Gasteiger partial charge in [-0.15, -0.1) is 15.0 Å². The molecule has 0 spiro atoms. The second kappa shape index (κ2) is 6.52. The zero-order valence-corrected chi connectivity index (χ0v) is 15.4. The lowest BCUT2D eigenvalue weighted by Crippen LogP contribution is -2.20. The minimum atomic E-state index is -0.405. The van der Waals surface area contributed by atoms with Crippen LogP contribution in [0, 0.1) is 0 Å². The normalized spacial score (nSPS) is 11.8. The summed E-state index contributed by atoms with van der Waals surface area (Å²) in [6.45, 7) is 4.55. The maximum absolute atomic E-state index is 11.1. The number of hydrogen-bond acceptors (Lipinski definition) is 4. The van der Waals surface area contributed by atoms with E-state index in [1.165, 1.54) is 4.80 Å². The van der Waals surface area contributed by atoms with Gasteiger partial charge in [-0.05, 0) is 35.4 Å². The van der Waals surface area contributed by atoms with Gasteiger partial charge in [-0.2, -0.15) is 0 Å². The summed E-state index contributed by atoms with van der Waals surface area (Å²) in [6.07, 6.45) is 0. The van der Waals surface area contributed by atoms with Crippen LogP contribution in [0.5, 0.6) is 5.75 Å². The maximum atomic E-state index is 11.1. The van der Waals surface area contributed by atoms with Crippen molar-refractivity contribution in [2.45, 2.75) is 25.8 Å². The first-order valence-electron chi connectivity index (χ1n) is 8.95. The molecule has 5 heteroatoms. The van der Waals surface area contributed by atoms with Crippen LogP contribution in [0.15, 0.2) is 66.7 Å². The number of phenolic OH excluding ortho intramolecular Hbond substituents is 1. The molecule has 1 heterocycles. The lowest BCUT2D eigenvalue weighted by molar-refractivity contribution is 0.446. The maximum Gasteiger partial charge on any atom is 0.147 e. The molecule has 27 heavy (non-hydrogen) atoms. The molecule has 0 aliphatic rings. The Morgan fingerprint density at radius 2 is 1.52 bits per heavy atom. The molecule has 3 N–H and O–H groups in total. The van der Waals surface area contributed by atoms with Gasteiger partial charge in [0.25, 0.3) is 0 Å². The van der Waals surface area contributed by atoms with Crippen molar-refractivity contribution in [3.05, 3.63) is 83.4 Å². The van der Waals surface area contributed by atoms with Gasteiger partial charge in [-0.3, -0.25) is 0 Å². The summed E-state index contributed by atoms with van der Waals surface area (Å²) >= 11 is 0. The van der Waals surface area contributed by atoms with E-state index in [2.05, 4.69) is 36.2 Å². The van der Waals surface area contributed by atoms with Gasteiger partial charge in [-0.1, -0.05) is 56.3 Å². The van der Waals surface area contributed by atoms with E-state index in [0.717, 1.165) is 27.7 Å². The molecule has 1 aromatic heterocycles. The van der Waals surface area contributed by atoms with Gasteiger partial charge >= 0.3 is 0 Å². The largest absolute Gasteiger partial charge is 0.505 e. The molecule has 0 fully saturated rings. The Morgan fingerprint density at radius 1 is 0.926 bits per heavy atom. The summed E-state index contributed by atoms with van der Waals surface area (Å²) in [6, 6.07) is 21.6. The van der Waals surface area contributed by atoms with Gasteiger partial charge in [0.05, 0.1) is 0 Å². The van der Waals surface area contributed by atoms with Crippen molar-refractivity contribution in [1.82, 2.24) is 15.0 Å². The molecule has 5 nitrogen and oxygen atoms in total. The first kappa shape index (κ1) is 17.2. The Balaban J connectivity index is 1.93. The summed E-state index contributed by atoms with van der Waals surface area (Å²) in [5.74, 6) is 0.168. The van der Waals surface area contributed by atoms with Gasteiger partial charge in [0, 0.05) is 17.5 Å². The van der Waals surface area contributed by atoms with Crippen LogP contribution in [0.1, 0.15) is 30.5 Å². The van der Waals surface area contributed by atoms with Crippen LogP contribution in [0.2, 0.25) is 0 Å². The van der Waals surface area contributed by atoms with E-state index in [9.17, 15) is 5.11 Å². The Kier molecular flexibility index (Phi) is 4.16. The van der Waals surface area contributed by atoms with Gasteiger partial charge in [0.1, 0.15) is 22.5 Å². The molecule has 3 aromatic carbocycles. The number of phenols is 1. The van der Waals surface area contributed by atoms with Crippen molar-refractivity contribution < 1.29 is 5.11 Å². The molecule has 0 amide bonds. The third-order valence-corrected chi connectivity index (χ3v) is 5.06. The smallest absolute Gasteiger partial charge is 0.147 e. The third-order valence-electron chi connectivity index (χ3n) is 5.06. The van der Waals surface area contributed by atoms with Crippen LogP contribution < -0.4 is 5.73 Å². The van der Waals surface area contributed by atoms with Crippen molar-refractivity contribution in [1.29, 1.82) is 0 Å². The molecule has 0 unspecified atom stereocenters. The van der Waals surface area contributed by atoms with Gasteiger partial charge < -0.3 is 10.8 Å². The van der Waals surface area contributed by atoms with Crippen molar-refractivity contribution in [3.8, 4) is 11.4 Å². The highest BCUT2D eigenvalue weighted by Gasteiger charge is 2.28. The number of benzene rings is 3. The molecule has 0 saturated heterocycles. The Bertz CT molecular complexity index is 1070. The van der Waals surface area contributed by atoms with E-state index in [0.29, 0.717) is 12.2 Å². The second-order valence-electron chi connectivity index (χ2n) is 7.18. The number of nitrogens with zero attached hydrogens (tertiary/aromatic N) is 3. The summed E-state index contributed by atoms with van der Waals surface area (Å²) in [5.41, 5.74) is 10.5. The van der Waals surface area contributed by atoms with E-state index in [4.69, 9.17) is 5.73 Å². The van der Waals surface area contributed by atoms with Gasteiger partial charge in [-0.25, -0.2) is 0 Å². The fourth-order valence-electron chi connectivity index (χ4n) is 3.40. The van der Waals surface area contributed by atoms with Crippen LogP contribution >= 0.6 is 0 Å². The molecule has 0 saturated carbocycles. The molecule has 4 rings (SSSR count). The summed E-state index contributed by atoms with van der Waals surface area (Å²) < 4.78 is 0. The average Bonchev–Trinajstić information content (AvgIpc) is 3.12. The summed E-state index contributed by atoms with van der Waals surface area (Å²) in [4.78, 5) is 1.49. The van der Waals surface area contributed by atoms with E-state index in [-0.39, 0.29) is 5.75 Å². The molecule has 4 aromatic rings. The van der Waals surface area contributed by atoms with E-state index < -0.39 is 5.41 Å². The first-order chi connectivity index (χ1) is 13.0. The fourth-order valence-corrected chi connectivity index (χ4v) is 3.40.